The summed E-state index contributed by atoms with van der Waals surface area (Å²) in [6.07, 6.45) is 6.29. The minimum absolute atomic E-state index is 0.132. The van der Waals surface area contributed by atoms with E-state index in [9.17, 15) is 4.79 Å². The first kappa shape index (κ1) is 15.4. The van der Waals surface area contributed by atoms with Crippen LogP contribution in [0.5, 0.6) is 0 Å². The Morgan fingerprint density at radius 1 is 1.29 bits per heavy atom. The van der Waals surface area contributed by atoms with Gasteiger partial charge in [0.1, 0.15) is 0 Å². The largest absolute Gasteiger partial charge is 0.354 e. The Balaban J connectivity index is 1.23. The zero-order valence-corrected chi connectivity index (χ0v) is 14.1. The van der Waals surface area contributed by atoms with E-state index in [1.54, 1.807) is 0 Å². The number of nitrogens with one attached hydrogen (secondary N) is 1. The van der Waals surface area contributed by atoms with E-state index in [0.29, 0.717) is 12.6 Å². The molecule has 0 bridgehead atoms. The van der Waals surface area contributed by atoms with Gasteiger partial charge in [0.2, 0.25) is 5.91 Å². The van der Waals surface area contributed by atoms with E-state index in [-0.39, 0.29) is 11.3 Å². The molecule has 126 valence electrons. The maximum atomic E-state index is 12.2. The van der Waals surface area contributed by atoms with Crippen LogP contribution in [0.4, 0.5) is 0 Å². The van der Waals surface area contributed by atoms with Crippen molar-refractivity contribution < 1.29 is 4.79 Å². The monoisotopic (exact) mass is 324 g/mol. The average molecular weight is 324 g/mol. The number of carbonyl (C=O) groups excluding carboxylic acids is 1. The van der Waals surface area contributed by atoms with Gasteiger partial charge in [-0.15, -0.1) is 0 Å². The molecule has 1 aliphatic carbocycles. The molecule has 24 heavy (non-hydrogen) atoms. The van der Waals surface area contributed by atoms with E-state index in [2.05, 4.69) is 45.8 Å². The minimum Gasteiger partial charge on any atom is -0.354 e. The minimum atomic E-state index is 0.132. The van der Waals surface area contributed by atoms with Crippen LogP contribution < -0.4 is 5.32 Å². The third-order valence-corrected chi connectivity index (χ3v) is 5.27. The first-order chi connectivity index (χ1) is 11.6. The molecule has 1 saturated carbocycles. The van der Waals surface area contributed by atoms with E-state index in [1.807, 2.05) is 23.9 Å². The molecule has 1 N–H and O–H groups in total. The van der Waals surface area contributed by atoms with Crippen molar-refractivity contribution in [2.45, 2.75) is 31.2 Å². The molecule has 2 heterocycles. The first-order valence-electron chi connectivity index (χ1n) is 8.70. The maximum Gasteiger partial charge on any atom is 0.234 e. The molecular formula is C19H24N4O. The van der Waals surface area contributed by atoms with Gasteiger partial charge in [-0.05, 0) is 30.9 Å². The Labute approximate surface area is 142 Å². The lowest BCUT2D eigenvalue weighted by atomic mass is 9.96. The second kappa shape index (κ2) is 6.06. The van der Waals surface area contributed by atoms with E-state index >= 15 is 0 Å². The van der Waals surface area contributed by atoms with Crippen molar-refractivity contribution >= 4 is 5.91 Å². The second-order valence-electron chi connectivity index (χ2n) is 7.27. The predicted octanol–water partition coefficient (Wildman–Crippen LogP) is 1.90. The quantitative estimate of drug-likeness (QED) is 0.883. The van der Waals surface area contributed by atoms with Crippen molar-refractivity contribution in [1.82, 2.24) is 20.0 Å². The number of aryl methyl sites for hydroxylation is 1. The highest BCUT2D eigenvalue weighted by molar-refractivity contribution is 5.78. The van der Waals surface area contributed by atoms with Crippen LogP contribution in [-0.4, -0.2) is 46.8 Å². The van der Waals surface area contributed by atoms with Gasteiger partial charge in [0.05, 0.1) is 18.8 Å². The van der Waals surface area contributed by atoms with Crippen LogP contribution in [0.25, 0.3) is 0 Å². The molecule has 4 rings (SSSR count). The van der Waals surface area contributed by atoms with Crippen molar-refractivity contribution in [3.8, 4) is 0 Å². The van der Waals surface area contributed by atoms with E-state index in [1.165, 1.54) is 24.0 Å². The number of nitrogens with zero attached hydrogens (tertiary/aromatic N) is 3. The maximum absolute atomic E-state index is 12.2. The number of carbonyl (C=O) groups is 1. The van der Waals surface area contributed by atoms with Gasteiger partial charge in [0, 0.05) is 31.2 Å². The highest BCUT2D eigenvalue weighted by Gasteiger charge is 2.44. The lowest BCUT2D eigenvalue weighted by Crippen LogP contribution is -2.52. The molecule has 1 aromatic heterocycles. The SMILES string of the molecule is Cc1cnn(C2CN(CC(=O)NCC3(c4ccccc4)CC3)C2)c1. The average Bonchev–Trinajstić information content (AvgIpc) is 3.24. The van der Waals surface area contributed by atoms with Crippen LogP contribution >= 0.6 is 0 Å². The topological polar surface area (TPSA) is 50.2 Å². The summed E-state index contributed by atoms with van der Waals surface area (Å²) in [4.78, 5) is 14.4. The highest BCUT2D eigenvalue weighted by atomic mass is 16.2. The molecule has 5 nitrogen and oxygen atoms in total. The summed E-state index contributed by atoms with van der Waals surface area (Å²) in [7, 11) is 0. The number of aromatic nitrogens is 2. The van der Waals surface area contributed by atoms with Gasteiger partial charge in [-0.3, -0.25) is 14.4 Å². The van der Waals surface area contributed by atoms with Crippen LogP contribution in [0.3, 0.4) is 0 Å². The van der Waals surface area contributed by atoms with Gasteiger partial charge in [0.15, 0.2) is 0 Å². The molecule has 5 heteroatoms. The van der Waals surface area contributed by atoms with E-state index in [0.717, 1.165) is 19.6 Å². The fraction of sp³-hybridized carbons (Fsp3) is 0.474. The molecule has 0 atom stereocenters. The number of hydrogen-bond donors (Lipinski definition) is 1. The molecule has 1 saturated heterocycles. The summed E-state index contributed by atoms with van der Waals surface area (Å²) in [5.74, 6) is 0.132. The fourth-order valence-corrected chi connectivity index (χ4v) is 3.51. The fourth-order valence-electron chi connectivity index (χ4n) is 3.51. The number of benzene rings is 1. The van der Waals surface area contributed by atoms with E-state index in [4.69, 9.17) is 0 Å². The first-order valence-corrected chi connectivity index (χ1v) is 8.70. The highest BCUT2D eigenvalue weighted by Crippen LogP contribution is 2.47. The van der Waals surface area contributed by atoms with Crippen molar-refractivity contribution in [3.63, 3.8) is 0 Å². The number of amides is 1. The van der Waals surface area contributed by atoms with Gasteiger partial charge in [-0.25, -0.2) is 0 Å². The molecular weight excluding hydrogens is 300 g/mol. The van der Waals surface area contributed by atoms with E-state index < -0.39 is 0 Å². The lowest BCUT2D eigenvalue weighted by molar-refractivity contribution is -0.123. The molecule has 1 amide bonds. The molecule has 1 aliphatic heterocycles. The van der Waals surface area contributed by atoms with Crippen LogP contribution in [-0.2, 0) is 10.2 Å². The molecule has 2 aromatic rings. The van der Waals surface area contributed by atoms with Crippen molar-refractivity contribution in [1.29, 1.82) is 0 Å². The molecule has 1 aromatic carbocycles. The molecule has 2 aliphatic rings. The zero-order valence-electron chi connectivity index (χ0n) is 14.1. The summed E-state index contributed by atoms with van der Waals surface area (Å²) in [5.41, 5.74) is 2.71. The number of hydrogen-bond acceptors (Lipinski definition) is 3. The van der Waals surface area contributed by atoms with Gasteiger partial charge in [-0.1, -0.05) is 30.3 Å². The number of rotatable bonds is 6. The van der Waals surface area contributed by atoms with Gasteiger partial charge in [-0.2, -0.15) is 5.10 Å². The van der Waals surface area contributed by atoms with Crippen LogP contribution in [0, 0.1) is 6.92 Å². The Bertz CT molecular complexity index is 714. The summed E-state index contributed by atoms with van der Waals surface area (Å²) in [5, 5.41) is 7.49. The zero-order chi connectivity index (χ0) is 16.6. The second-order valence-corrected chi connectivity index (χ2v) is 7.27. The van der Waals surface area contributed by atoms with Gasteiger partial charge in [0.25, 0.3) is 0 Å². The van der Waals surface area contributed by atoms with Crippen LogP contribution in [0.2, 0.25) is 0 Å². The summed E-state index contributed by atoms with van der Waals surface area (Å²) in [6.45, 7) is 5.09. The summed E-state index contributed by atoms with van der Waals surface area (Å²) >= 11 is 0. The normalized spacial score (nSPS) is 19.7. The van der Waals surface area contributed by atoms with Gasteiger partial charge < -0.3 is 5.32 Å². The molecule has 2 fully saturated rings. The van der Waals surface area contributed by atoms with Crippen molar-refractivity contribution in [3.05, 3.63) is 53.9 Å². The smallest absolute Gasteiger partial charge is 0.234 e. The van der Waals surface area contributed by atoms with Crippen molar-refractivity contribution in [2.24, 2.45) is 0 Å². The summed E-state index contributed by atoms with van der Waals surface area (Å²) in [6, 6.07) is 10.9. The third-order valence-electron chi connectivity index (χ3n) is 5.27. The van der Waals surface area contributed by atoms with Crippen LogP contribution in [0.1, 0.15) is 30.0 Å². The Morgan fingerprint density at radius 3 is 2.67 bits per heavy atom. The Hall–Kier alpha value is -2.14. The Kier molecular flexibility index (Phi) is 3.88. The van der Waals surface area contributed by atoms with Crippen LogP contribution in [0.15, 0.2) is 42.7 Å². The third kappa shape index (κ3) is 3.08. The molecule has 0 spiro atoms. The summed E-state index contributed by atoms with van der Waals surface area (Å²) < 4.78 is 2.01. The predicted molar refractivity (Wildman–Crippen MR) is 92.8 cm³/mol. The lowest BCUT2D eigenvalue weighted by Gasteiger charge is -2.38. The standard InChI is InChI=1S/C19H24N4O/c1-15-9-21-23(10-15)17-11-22(12-17)13-18(24)20-14-19(7-8-19)16-5-3-2-4-6-16/h2-6,9-10,17H,7-8,11-14H2,1H3,(H,20,24). The number of likely N-dealkylation sites (tertiary alicyclic amines) is 1. The molecule has 0 radical (unpaired) electrons. The Morgan fingerprint density at radius 2 is 2.04 bits per heavy atom. The molecule has 0 unspecified atom stereocenters. The van der Waals surface area contributed by atoms with Gasteiger partial charge >= 0.3 is 0 Å². The van der Waals surface area contributed by atoms with Crippen molar-refractivity contribution in [2.75, 3.05) is 26.2 Å².